The molecule has 6 nitrogen and oxygen atoms in total. The van der Waals surface area contributed by atoms with Crippen molar-refractivity contribution in [2.24, 2.45) is 13.0 Å². The molecule has 1 saturated carbocycles. The van der Waals surface area contributed by atoms with Gasteiger partial charge in [-0.05, 0) is 24.8 Å². The monoisotopic (exact) mass is 248 g/mol. The quantitative estimate of drug-likeness (QED) is 0.894. The van der Waals surface area contributed by atoms with Gasteiger partial charge in [-0.15, -0.1) is 0 Å². The summed E-state index contributed by atoms with van der Waals surface area (Å²) in [7, 11) is 1.83. The SMILES string of the molecule is Cn1ccc(-c2noc(C(O)C3CCCC3)n2)n1. The van der Waals surface area contributed by atoms with Gasteiger partial charge in [0.25, 0.3) is 5.89 Å². The highest BCUT2D eigenvalue weighted by atomic mass is 16.5. The molecule has 0 saturated heterocycles. The van der Waals surface area contributed by atoms with Crippen LogP contribution in [0, 0.1) is 5.92 Å². The molecule has 0 bridgehead atoms. The first-order chi connectivity index (χ1) is 8.74. The average Bonchev–Trinajstić information content (AvgIpc) is 3.09. The normalized spacial score (nSPS) is 18.3. The number of hydrogen-bond acceptors (Lipinski definition) is 5. The number of nitrogens with zero attached hydrogens (tertiary/aromatic N) is 4. The molecular formula is C12H16N4O2. The Morgan fingerprint density at radius 2 is 2.22 bits per heavy atom. The van der Waals surface area contributed by atoms with Crippen LogP contribution in [0.3, 0.4) is 0 Å². The molecular weight excluding hydrogens is 232 g/mol. The minimum absolute atomic E-state index is 0.252. The first kappa shape index (κ1) is 11.4. The van der Waals surface area contributed by atoms with E-state index < -0.39 is 6.10 Å². The molecule has 1 N–H and O–H groups in total. The summed E-state index contributed by atoms with van der Waals surface area (Å²) in [5.74, 6) is 0.993. The second kappa shape index (κ2) is 4.53. The number of rotatable bonds is 3. The van der Waals surface area contributed by atoms with Crippen LogP contribution in [0.2, 0.25) is 0 Å². The summed E-state index contributed by atoms with van der Waals surface area (Å²) >= 11 is 0. The van der Waals surface area contributed by atoms with Gasteiger partial charge >= 0.3 is 0 Å². The van der Waals surface area contributed by atoms with Crippen LogP contribution < -0.4 is 0 Å². The van der Waals surface area contributed by atoms with Gasteiger partial charge in [0.05, 0.1) is 0 Å². The fourth-order valence-electron chi connectivity index (χ4n) is 2.47. The van der Waals surface area contributed by atoms with E-state index in [-0.39, 0.29) is 5.92 Å². The molecule has 1 unspecified atom stereocenters. The highest BCUT2D eigenvalue weighted by Crippen LogP contribution is 2.35. The average molecular weight is 248 g/mol. The molecule has 18 heavy (non-hydrogen) atoms. The molecule has 0 aromatic carbocycles. The predicted molar refractivity (Wildman–Crippen MR) is 63.4 cm³/mol. The van der Waals surface area contributed by atoms with Crippen LogP contribution in [0.15, 0.2) is 16.8 Å². The maximum Gasteiger partial charge on any atom is 0.256 e. The number of hydrogen-bond donors (Lipinski definition) is 1. The van der Waals surface area contributed by atoms with Gasteiger partial charge in [-0.3, -0.25) is 4.68 Å². The van der Waals surface area contributed by atoms with E-state index in [1.807, 2.05) is 19.3 Å². The summed E-state index contributed by atoms with van der Waals surface area (Å²) in [6.45, 7) is 0. The fraction of sp³-hybridized carbons (Fsp3) is 0.583. The zero-order valence-electron chi connectivity index (χ0n) is 10.3. The Labute approximate surface area is 105 Å². The Morgan fingerprint density at radius 1 is 1.44 bits per heavy atom. The van der Waals surface area contributed by atoms with E-state index in [1.165, 1.54) is 12.8 Å². The van der Waals surface area contributed by atoms with Crippen LogP contribution in [-0.4, -0.2) is 25.0 Å². The standard InChI is InChI=1S/C12H16N4O2/c1-16-7-6-9(14-16)11-13-12(18-15-11)10(17)8-4-2-3-5-8/h6-8,10,17H,2-5H2,1H3. The Hall–Kier alpha value is -1.69. The minimum atomic E-state index is -0.641. The van der Waals surface area contributed by atoms with Crippen LogP contribution in [0.4, 0.5) is 0 Å². The van der Waals surface area contributed by atoms with Crippen LogP contribution >= 0.6 is 0 Å². The Kier molecular flexibility index (Phi) is 2.87. The zero-order valence-corrected chi connectivity index (χ0v) is 10.3. The summed E-state index contributed by atoms with van der Waals surface area (Å²) in [5.41, 5.74) is 0.658. The van der Waals surface area contributed by atoms with Crippen molar-refractivity contribution in [1.82, 2.24) is 19.9 Å². The lowest BCUT2D eigenvalue weighted by Crippen LogP contribution is -2.09. The van der Waals surface area contributed by atoms with Crippen molar-refractivity contribution in [3.05, 3.63) is 18.2 Å². The van der Waals surface area contributed by atoms with Crippen molar-refractivity contribution in [2.45, 2.75) is 31.8 Å². The van der Waals surface area contributed by atoms with E-state index in [0.29, 0.717) is 17.4 Å². The van der Waals surface area contributed by atoms with Crippen molar-refractivity contribution in [3.8, 4) is 11.5 Å². The molecule has 96 valence electrons. The second-order valence-electron chi connectivity index (χ2n) is 4.82. The van der Waals surface area contributed by atoms with E-state index in [0.717, 1.165) is 12.8 Å². The largest absolute Gasteiger partial charge is 0.383 e. The lowest BCUT2D eigenvalue weighted by Gasteiger charge is -2.12. The smallest absolute Gasteiger partial charge is 0.256 e. The first-order valence-electron chi connectivity index (χ1n) is 6.26. The predicted octanol–water partition coefficient (Wildman–Crippen LogP) is 1.69. The molecule has 1 aliphatic rings. The van der Waals surface area contributed by atoms with Crippen molar-refractivity contribution in [2.75, 3.05) is 0 Å². The second-order valence-corrected chi connectivity index (χ2v) is 4.82. The number of aromatic nitrogens is 4. The van der Waals surface area contributed by atoms with Crippen molar-refractivity contribution in [3.63, 3.8) is 0 Å². The van der Waals surface area contributed by atoms with Gasteiger partial charge in [-0.1, -0.05) is 18.0 Å². The molecule has 0 aliphatic heterocycles. The van der Waals surface area contributed by atoms with Crippen molar-refractivity contribution >= 4 is 0 Å². The van der Waals surface area contributed by atoms with E-state index in [1.54, 1.807) is 4.68 Å². The lowest BCUT2D eigenvalue weighted by molar-refractivity contribution is 0.0768. The molecule has 2 heterocycles. The highest BCUT2D eigenvalue weighted by Gasteiger charge is 2.29. The van der Waals surface area contributed by atoms with E-state index in [2.05, 4.69) is 15.2 Å². The van der Waals surface area contributed by atoms with Gasteiger partial charge in [0.2, 0.25) is 5.82 Å². The van der Waals surface area contributed by atoms with Crippen LogP contribution in [0.5, 0.6) is 0 Å². The summed E-state index contributed by atoms with van der Waals surface area (Å²) in [4.78, 5) is 4.23. The Bertz CT molecular complexity index is 528. The molecule has 1 atom stereocenters. The van der Waals surface area contributed by atoms with Gasteiger partial charge in [-0.25, -0.2) is 0 Å². The lowest BCUT2D eigenvalue weighted by atomic mass is 10.0. The number of aryl methyl sites for hydroxylation is 1. The highest BCUT2D eigenvalue weighted by molar-refractivity contribution is 5.46. The number of aliphatic hydroxyl groups excluding tert-OH is 1. The summed E-state index contributed by atoms with van der Waals surface area (Å²) in [6.07, 6.45) is 5.58. The first-order valence-corrected chi connectivity index (χ1v) is 6.26. The molecule has 0 amide bonds. The van der Waals surface area contributed by atoms with Gasteiger partial charge in [-0.2, -0.15) is 10.1 Å². The van der Waals surface area contributed by atoms with E-state index >= 15 is 0 Å². The number of aliphatic hydroxyl groups is 1. The third-order valence-electron chi connectivity index (χ3n) is 3.48. The summed E-state index contributed by atoms with van der Waals surface area (Å²) in [6, 6.07) is 1.82. The van der Waals surface area contributed by atoms with E-state index in [4.69, 9.17) is 4.52 Å². The van der Waals surface area contributed by atoms with Crippen molar-refractivity contribution in [1.29, 1.82) is 0 Å². The molecule has 2 aromatic heterocycles. The maximum atomic E-state index is 10.2. The maximum absolute atomic E-state index is 10.2. The van der Waals surface area contributed by atoms with Crippen LogP contribution in [-0.2, 0) is 7.05 Å². The minimum Gasteiger partial charge on any atom is -0.383 e. The third kappa shape index (κ3) is 2.03. The van der Waals surface area contributed by atoms with Gasteiger partial charge in [0.1, 0.15) is 11.8 Å². The summed E-state index contributed by atoms with van der Waals surface area (Å²) in [5, 5.41) is 18.2. The summed E-state index contributed by atoms with van der Waals surface area (Å²) < 4.78 is 6.82. The zero-order chi connectivity index (χ0) is 12.5. The molecule has 0 radical (unpaired) electrons. The van der Waals surface area contributed by atoms with Gasteiger partial charge in [0, 0.05) is 13.2 Å². The Morgan fingerprint density at radius 3 is 2.89 bits per heavy atom. The molecule has 6 heteroatoms. The Balaban J connectivity index is 1.80. The fourth-order valence-corrected chi connectivity index (χ4v) is 2.47. The topological polar surface area (TPSA) is 77.0 Å². The van der Waals surface area contributed by atoms with Crippen molar-refractivity contribution < 1.29 is 9.63 Å². The molecule has 3 rings (SSSR count). The molecule has 1 fully saturated rings. The van der Waals surface area contributed by atoms with Gasteiger partial charge in [0.15, 0.2) is 0 Å². The van der Waals surface area contributed by atoms with Gasteiger partial charge < -0.3 is 9.63 Å². The third-order valence-corrected chi connectivity index (χ3v) is 3.48. The van der Waals surface area contributed by atoms with E-state index in [9.17, 15) is 5.11 Å². The molecule has 2 aromatic rings. The molecule has 0 spiro atoms. The van der Waals surface area contributed by atoms with Crippen LogP contribution in [0.25, 0.3) is 11.5 Å². The molecule has 1 aliphatic carbocycles. The van der Waals surface area contributed by atoms with Crippen LogP contribution in [0.1, 0.15) is 37.7 Å².